The topological polar surface area (TPSA) is 49.8 Å². The molecule has 172 valence electrons. The van der Waals surface area contributed by atoms with Gasteiger partial charge in [-0.25, -0.2) is 0 Å². The van der Waals surface area contributed by atoms with Crippen LogP contribution in [0.4, 0.5) is 0 Å². The molecule has 2 aromatic rings. The standard InChI is InChI=1S/C25H27Cl2NO3.ClH/c1-16-18(13-28-14-19(15-28)25(29)30)8-7-17-12-20(9-10-21(16)17)31-11-3-4-22-23(26)5-2-6-24(22)27;/h2,5-6,9-10,12,19H,3-4,7-8,11,13-15H2,1H3,(H,29,30);1H. The number of carboxylic acid groups (broad SMARTS) is 1. The largest absolute Gasteiger partial charge is 0.494 e. The van der Waals surface area contributed by atoms with Crippen LogP contribution in [0.1, 0.15) is 36.5 Å². The highest BCUT2D eigenvalue weighted by Gasteiger charge is 2.33. The molecule has 4 nitrogen and oxygen atoms in total. The van der Waals surface area contributed by atoms with Crippen molar-refractivity contribution in [3.05, 3.63) is 68.7 Å². The van der Waals surface area contributed by atoms with Gasteiger partial charge in [0.05, 0.1) is 12.5 Å². The summed E-state index contributed by atoms with van der Waals surface area (Å²) >= 11 is 12.5. The number of aliphatic carboxylic acids is 1. The Labute approximate surface area is 205 Å². The molecule has 0 bridgehead atoms. The van der Waals surface area contributed by atoms with E-state index in [-0.39, 0.29) is 18.3 Å². The first kappa shape index (κ1) is 24.9. The zero-order chi connectivity index (χ0) is 22.0. The number of nitrogens with zero attached hydrogens (tertiary/aromatic N) is 1. The zero-order valence-electron chi connectivity index (χ0n) is 18.1. The number of aryl methyl sites for hydroxylation is 1. The van der Waals surface area contributed by atoms with E-state index in [1.165, 1.54) is 22.3 Å². The van der Waals surface area contributed by atoms with E-state index in [2.05, 4.69) is 24.0 Å². The van der Waals surface area contributed by atoms with Gasteiger partial charge in [-0.15, -0.1) is 12.4 Å². The fourth-order valence-electron chi connectivity index (χ4n) is 4.43. The molecule has 1 N–H and O–H groups in total. The third-order valence-electron chi connectivity index (χ3n) is 6.33. The molecule has 7 heteroatoms. The summed E-state index contributed by atoms with van der Waals surface area (Å²) < 4.78 is 5.99. The van der Waals surface area contributed by atoms with Crippen LogP contribution < -0.4 is 4.74 Å². The smallest absolute Gasteiger partial charge is 0.309 e. The number of ether oxygens (including phenoxy) is 1. The van der Waals surface area contributed by atoms with Gasteiger partial charge < -0.3 is 9.84 Å². The van der Waals surface area contributed by atoms with Gasteiger partial charge in [-0.05, 0) is 79.1 Å². The van der Waals surface area contributed by atoms with Crippen molar-refractivity contribution in [3.8, 4) is 5.75 Å². The van der Waals surface area contributed by atoms with E-state index in [1.54, 1.807) is 0 Å². The van der Waals surface area contributed by atoms with E-state index in [1.807, 2.05) is 24.3 Å². The van der Waals surface area contributed by atoms with Crippen molar-refractivity contribution in [1.29, 1.82) is 0 Å². The minimum absolute atomic E-state index is 0. The van der Waals surface area contributed by atoms with Gasteiger partial charge in [0.15, 0.2) is 0 Å². The molecule has 0 aromatic heterocycles. The lowest BCUT2D eigenvalue weighted by atomic mass is 9.85. The molecule has 0 unspecified atom stereocenters. The van der Waals surface area contributed by atoms with Gasteiger partial charge in [0, 0.05) is 29.7 Å². The molecule has 0 atom stereocenters. The van der Waals surface area contributed by atoms with Crippen LogP contribution in [0.15, 0.2) is 42.0 Å². The normalized spacial score (nSPS) is 16.2. The number of hydrogen-bond donors (Lipinski definition) is 1. The monoisotopic (exact) mass is 495 g/mol. The Balaban J connectivity index is 0.00000289. The molecule has 1 heterocycles. The van der Waals surface area contributed by atoms with E-state index in [0.717, 1.165) is 43.5 Å². The van der Waals surface area contributed by atoms with Crippen molar-refractivity contribution in [1.82, 2.24) is 4.90 Å². The maximum atomic E-state index is 11.0. The highest BCUT2D eigenvalue weighted by molar-refractivity contribution is 6.35. The van der Waals surface area contributed by atoms with Crippen LogP contribution in [0, 0.1) is 5.92 Å². The number of benzene rings is 2. The third-order valence-corrected chi connectivity index (χ3v) is 7.04. The molecule has 1 fully saturated rings. The van der Waals surface area contributed by atoms with Gasteiger partial charge in [-0.3, -0.25) is 9.69 Å². The SMILES string of the molecule is CC1=C(CN2CC(C(=O)O)C2)CCc2cc(OCCCc3c(Cl)cccc3Cl)ccc21.Cl. The number of allylic oxidation sites excluding steroid dienone is 1. The Morgan fingerprint density at radius 3 is 2.56 bits per heavy atom. The van der Waals surface area contributed by atoms with Crippen molar-refractivity contribution >= 4 is 47.2 Å². The fourth-order valence-corrected chi connectivity index (χ4v) is 5.02. The predicted octanol–water partition coefficient (Wildman–Crippen LogP) is 6.16. The maximum Gasteiger partial charge on any atom is 0.309 e. The van der Waals surface area contributed by atoms with Crippen LogP contribution in [-0.4, -0.2) is 42.2 Å². The lowest BCUT2D eigenvalue weighted by Gasteiger charge is -2.38. The van der Waals surface area contributed by atoms with Crippen molar-refractivity contribution in [3.63, 3.8) is 0 Å². The summed E-state index contributed by atoms with van der Waals surface area (Å²) in [7, 11) is 0. The molecule has 2 aromatic carbocycles. The molecule has 4 rings (SSSR count). The van der Waals surface area contributed by atoms with Gasteiger partial charge in [-0.2, -0.15) is 0 Å². The molecule has 32 heavy (non-hydrogen) atoms. The lowest BCUT2D eigenvalue weighted by Crippen LogP contribution is -2.50. The Bertz CT molecular complexity index is 995. The summed E-state index contributed by atoms with van der Waals surface area (Å²) in [6, 6.07) is 11.9. The van der Waals surface area contributed by atoms with Crippen LogP contribution in [0.2, 0.25) is 10.0 Å². The Hall–Kier alpha value is -1.72. The average molecular weight is 497 g/mol. The van der Waals surface area contributed by atoms with Gasteiger partial charge in [0.25, 0.3) is 0 Å². The summed E-state index contributed by atoms with van der Waals surface area (Å²) in [4.78, 5) is 13.2. The van der Waals surface area contributed by atoms with Crippen LogP contribution in [0.5, 0.6) is 5.75 Å². The number of carbonyl (C=O) groups is 1. The number of likely N-dealkylation sites (tertiary alicyclic amines) is 1. The first-order valence-electron chi connectivity index (χ1n) is 10.7. The molecule has 1 aliphatic carbocycles. The first-order chi connectivity index (χ1) is 14.9. The quantitative estimate of drug-likeness (QED) is 0.444. The molecule has 0 amide bonds. The van der Waals surface area contributed by atoms with Crippen molar-refractivity contribution in [2.24, 2.45) is 5.92 Å². The van der Waals surface area contributed by atoms with E-state index >= 15 is 0 Å². The maximum absolute atomic E-state index is 11.0. The van der Waals surface area contributed by atoms with Crippen LogP contribution in [-0.2, 0) is 17.6 Å². The Morgan fingerprint density at radius 1 is 1.16 bits per heavy atom. The van der Waals surface area contributed by atoms with Crippen molar-refractivity contribution < 1.29 is 14.6 Å². The third kappa shape index (κ3) is 5.60. The minimum Gasteiger partial charge on any atom is -0.494 e. The van der Waals surface area contributed by atoms with Crippen LogP contribution >= 0.6 is 35.6 Å². The number of hydrogen-bond acceptors (Lipinski definition) is 3. The molecular weight excluding hydrogens is 469 g/mol. The predicted molar refractivity (Wildman–Crippen MR) is 132 cm³/mol. The molecule has 0 spiro atoms. The lowest BCUT2D eigenvalue weighted by molar-refractivity contribution is -0.147. The summed E-state index contributed by atoms with van der Waals surface area (Å²) in [5.41, 5.74) is 6.32. The summed E-state index contributed by atoms with van der Waals surface area (Å²) in [5, 5.41) is 10.5. The summed E-state index contributed by atoms with van der Waals surface area (Å²) in [5.74, 6) is 0.0103. The molecular formula is C25H28Cl3NO3. The second-order valence-electron chi connectivity index (χ2n) is 8.43. The number of carboxylic acids is 1. The summed E-state index contributed by atoms with van der Waals surface area (Å²) in [6.07, 6.45) is 3.64. The van der Waals surface area contributed by atoms with Crippen LogP contribution in [0.25, 0.3) is 5.57 Å². The number of rotatable bonds is 8. The van der Waals surface area contributed by atoms with Gasteiger partial charge in [-0.1, -0.05) is 40.9 Å². The van der Waals surface area contributed by atoms with Crippen LogP contribution in [0.3, 0.4) is 0 Å². The minimum atomic E-state index is -0.682. The Kier molecular flexibility index (Phi) is 8.51. The average Bonchev–Trinajstić information content (AvgIpc) is 2.70. The summed E-state index contributed by atoms with van der Waals surface area (Å²) in [6.45, 7) is 4.98. The van der Waals surface area contributed by atoms with Crippen molar-refractivity contribution in [2.45, 2.75) is 32.6 Å². The van der Waals surface area contributed by atoms with E-state index in [4.69, 9.17) is 33.0 Å². The Morgan fingerprint density at radius 2 is 1.88 bits per heavy atom. The number of fused-ring (bicyclic) bond motifs is 1. The highest BCUT2D eigenvalue weighted by Crippen LogP contribution is 2.34. The molecule has 0 saturated carbocycles. The molecule has 1 aliphatic heterocycles. The fraction of sp³-hybridized carbons (Fsp3) is 0.400. The van der Waals surface area contributed by atoms with E-state index < -0.39 is 5.97 Å². The number of halogens is 3. The van der Waals surface area contributed by atoms with E-state index in [0.29, 0.717) is 29.7 Å². The molecule has 2 aliphatic rings. The second-order valence-corrected chi connectivity index (χ2v) is 9.24. The zero-order valence-corrected chi connectivity index (χ0v) is 20.4. The second kappa shape index (κ2) is 10.9. The van der Waals surface area contributed by atoms with Gasteiger partial charge in [0.1, 0.15) is 5.75 Å². The van der Waals surface area contributed by atoms with E-state index in [9.17, 15) is 4.79 Å². The first-order valence-corrected chi connectivity index (χ1v) is 11.5. The van der Waals surface area contributed by atoms with Gasteiger partial charge >= 0.3 is 5.97 Å². The molecule has 1 saturated heterocycles. The van der Waals surface area contributed by atoms with Gasteiger partial charge in [0.2, 0.25) is 0 Å². The highest BCUT2D eigenvalue weighted by atomic mass is 35.5. The molecule has 0 radical (unpaired) electrons. The van der Waals surface area contributed by atoms with Crippen molar-refractivity contribution in [2.75, 3.05) is 26.2 Å².